The Balaban J connectivity index is 2.04. The van der Waals surface area contributed by atoms with Crippen molar-refractivity contribution in [2.75, 3.05) is 6.54 Å². The molecule has 0 fully saturated rings. The van der Waals surface area contributed by atoms with Gasteiger partial charge in [-0.25, -0.2) is 4.79 Å². The zero-order chi connectivity index (χ0) is 11.6. The quantitative estimate of drug-likeness (QED) is 0.707. The van der Waals surface area contributed by atoms with Crippen LogP contribution in [0.1, 0.15) is 18.4 Å². The highest BCUT2D eigenvalue weighted by atomic mass is 16.2. The predicted molar refractivity (Wildman–Crippen MR) is 66.1 cm³/mol. The largest absolute Gasteiger partial charge is 0.338 e. The van der Waals surface area contributed by atoms with E-state index in [-0.39, 0.29) is 6.03 Å². The molecule has 0 unspecified atom stereocenters. The fraction of sp³-hybridized carbons (Fsp3) is 0.308. The molecular weight excluding hydrogens is 200 g/mol. The van der Waals surface area contributed by atoms with E-state index in [9.17, 15) is 4.79 Å². The summed E-state index contributed by atoms with van der Waals surface area (Å²) < 4.78 is 0. The summed E-state index contributed by atoms with van der Waals surface area (Å²) in [4.78, 5) is 11.0. The molecule has 0 spiro atoms. The van der Waals surface area contributed by atoms with Crippen molar-refractivity contribution in [1.29, 1.82) is 0 Å². The maximum atomic E-state index is 11.0. The van der Waals surface area contributed by atoms with E-state index >= 15 is 0 Å². The highest BCUT2D eigenvalue weighted by Gasteiger charge is 1.96. The van der Waals surface area contributed by atoms with Gasteiger partial charge in [-0.2, -0.15) is 0 Å². The SMILES string of the molecule is C=CNC(=O)NCCCCc1ccccc1. The van der Waals surface area contributed by atoms with E-state index in [4.69, 9.17) is 0 Å². The summed E-state index contributed by atoms with van der Waals surface area (Å²) in [6.45, 7) is 4.11. The van der Waals surface area contributed by atoms with Gasteiger partial charge in [0.2, 0.25) is 0 Å². The van der Waals surface area contributed by atoms with Crippen LogP contribution in [0, 0.1) is 0 Å². The third-order valence-corrected chi connectivity index (χ3v) is 2.25. The van der Waals surface area contributed by atoms with E-state index < -0.39 is 0 Å². The summed E-state index contributed by atoms with van der Waals surface area (Å²) in [5.41, 5.74) is 1.35. The second-order valence-corrected chi connectivity index (χ2v) is 3.55. The molecule has 86 valence electrons. The topological polar surface area (TPSA) is 41.1 Å². The number of hydrogen-bond donors (Lipinski definition) is 2. The minimum atomic E-state index is -0.185. The molecular formula is C13H18N2O. The van der Waals surface area contributed by atoms with Gasteiger partial charge < -0.3 is 10.6 Å². The molecule has 2 amide bonds. The smallest absolute Gasteiger partial charge is 0.318 e. The average molecular weight is 218 g/mol. The molecule has 1 aromatic carbocycles. The van der Waals surface area contributed by atoms with Gasteiger partial charge in [0, 0.05) is 6.54 Å². The highest BCUT2D eigenvalue weighted by molar-refractivity contribution is 5.74. The van der Waals surface area contributed by atoms with Crippen molar-refractivity contribution in [3.8, 4) is 0 Å². The molecule has 0 saturated carbocycles. The van der Waals surface area contributed by atoms with Crippen molar-refractivity contribution in [2.24, 2.45) is 0 Å². The number of hydrogen-bond acceptors (Lipinski definition) is 1. The Bertz CT molecular complexity index is 322. The Hall–Kier alpha value is -1.77. The first-order valence-electron chi connectivity index (χ1n) is 5.52. The van der Waals surface area contributed by atoms with Crippen molar-refractivity contribution < 1.29 is 4.79 Å². The third kappa shape index (κ3) is 5.20. The van der Waals surface area contributed by atoms with Crippen molar-refractivity contribution in [2.45, 2.75) is 19.3 Å². The van der Waals surface area contributed by atoms with Gasteiger partial charge in [-0.15, -0.1) is 0 Å². The number of rotatable bonds is 6. The summed E-state index contributed by atoms with van der Waals surface area (Å²) in [7, 11) is 0. The van der Waals surface area contributed by atoms with Crippen LogP contribution in [-0.2, 0) is 6.42 Å². The summed E-state index contributed by atoms with van der Waals surface area (Å²) in [5, 5.41) is 5.22. The lowest BCUT2D eigenvalue weighted by molar-refractivity contribution is 0.244. The van der Waals surface area contributed by atoms with Crippen LogP contribution in [0.2, 0.25) is 0 Å². The molecule has 0 atom stereocenters. The Morgan fingerprint density at radius 2 is 2.00 bits per heavy atom. The van der Waals surface area contributed by atoms with Crippen LogP contribution in [0.25, 0.3) is 0 Å². The van der Waals surface area contributed by atoms with Crippen molar-refractivity contribution in [3.05, 3.63) is 48.7 Å². The maximum absolute atomic E-state index is 11.0. The van der Waals surface area contributed by atoms with Crippen LogP contribution in [0.3, 0.4) is 0 Å². The first-order chi connectivity index (χ1) is 7.83. The summed E-state index contributed by atoms with van der Waals surface area (Å²) in [6, 6.07) is 10.2. The Morgan fingerprint density at radius 1 is 1.25 bits per heavy atom. The molecule has 1 rings (SSSR count). The van der Waals surface area contributed by atoms with Crippen LogP contribution >= 0.6 is 0 Å². The molecule has 0 aliphatic rings. The normalized spacial score (nSPS) is 9.50. The van der Waals surface area contributed by atoms with Gasteiger partial charge in [0.05, 0.1) is 0 Å². The number of amides is 2. The average Bonchev–Trinajstić information content (AvgIpc) is 2.30. The molecule has 0 aromatic heterocycles. The number of carbonyl (C=O) groups is 1. The van der Waals surface area contributed by atoms with Crippen LogP contribution < -0.4 is 10.6 Å². The van der Waals surface area contributed by atoms with Gasteiger partial charge in [-0.1, -0.05) is 36.9 Å². The number of unbranched alkanes of at least 4 members (excludes halogenated alkanes) is 1. The van der Waals surface area contributed by atoms with Crippen molar-refractivity contribution >= 4 is 6.03 Å². The summed E-state index contributed by atoms with van der Waals surface area (Å²) >= 11 is 0. The zero-order valence-electron chi connectivity index (χ0n) is 9.41. The van der Waals surface area contributed by atoms with Gasteiger partial charge in [0.25, 0.3) is 0 Å². The first kappa shape index (κ1) is 12.3. The predicted octanol–water partition coefficient (Wildman–Crippen LogP) is 2.45. The Kier molecular flexibility index (Phi) is 5.78. The van der Waals surface area contributed by atoms with E-state index in [0.717, 1.165) is 19.3 Å². The Morgan fingerprint density at radius 3 is 2.69 bits per heavy atom. The number of nitrogens with one attached hydrogen (secondary N) is 2. The van der Waals surface area contributed by atoms with Crippen molar-refractivity contribution in [1.82, 2.24) is 10.6 Å². The molecule has 1 aromatic rings. The van der Waals surface area contributed by atoms with Crippen molar-refractivity contribution in [3.63, 3.8) is 0 Å². The number of urea groups is 1. The fourth-order valence-corrected chi connectivity index (χ4v) is 1.44. The lowest BCUT2D eigenvalue weighted by Crippen LogP contribution is -2.32. The molecule has 0 aliphatic heterocycles. The minimum Gasteiger partial charge on any atom is -0.338 e. The zero-order valence-corrected chi connectivity index (χ0v) is 9.41. The van der Waals surface area contributed by atoms with E-state index in [1.807, 2.05) is 18.2 Å². The fourth-order valence-electron chi connectivity index (χ4n) is 1.44. The van der Waals surface area contributed by atoms with Crippen LogP contribution in [0.15, 0.2) is 43.1 Å². The van der Waals surface area contributed by atoms with Crippen LogP contribution in [-0.4, -0.2) is 12.6 Å². The van der Waals surface area contributed by atoms with E-state index in [0.29, 0.717) is 6.54 Å². The van der Waals surface area contributed by atoms with E-state index in [1.165, 1.54) is 11.8 Å². The van der Waals surface area contributed by atoms with Crippen LogP contribution in [0.4, 0.5) is 4.79 Å². The molecule has 16 heavy (non-hydrogen) atoms. The van der Waals surface area contributed by atoms with E-state index in [1.54, 1.807) is 0 Å². The monoisotopic (exact) mass is 218 g/mol. The standard InChI is InChI=1S/C13H18N2O/c1-2-14-13(16)15-11-7-6-10-12-8-4-3-5-9-12/h2-5,8-9H,1,6-7,10-11H2,(H2,14,15,16). The Labute approximate surface area is 96.6 Å². The lowest BCUT2D eigenvalue weighted by Gasteiger charge is -2.04. The number of carbonyl (C=O) groups excluding carboxylic acids is 1. The van der Waals surface area contributed by atoms with Gasteiger partial charge >= 0.3 is 6.03 Å². The number of benzene rings is 1. The molecule has 0 saturated heterocycles. The molecule has 0 aliphatic carbocycles. The van der Waals surface area contributed by atoms with Gasteiger partial charge in [-0.05, 0) is 31.0 Å². The van der Waals surface area contributed by atoms with Gasteiger partial charge in [-0.3, -0.25) is 0 Å². The molecule has 0 radical (unpaired) electrons. The second-order valence-electron chi connectivity index (χ2n) is 3.55. The molecule has 0 heterocycles. The summed E-state index contributed by atoms with van der Waals surface area (Å²) in [5.74, 6) is 0. The first-order valence-corrected chi connectivity index (χ1v) is 5.52. The van der Waals surface area contributed by atoms with E-state index in [2.05, 4.69) is 29.3 Å². The molecule has 3 nitrogen and oxygen atoms in total. The molecule has 2 N–H and O–H groups in total. The third-order valence-electron chi connectivity index (χ3n) is 2.25. The summed E-state index contributed by atoms with van der Waals surface area (Å²) in [6.07, 6.45) is 4.50. The highest BCUT2D eigenvalue weighted by Crippen LogP contribution is 2.03. The molecule has 3 heteroatoms. The maximum Gasteiger partial charge on any atom is 0.318 e. The van der Waals surface area contributed by atoms with Gasteiger partial charge in [0.15, 0.2) is 0 Å². The number of aryl methyl sites for hydroxylation is 1. The molecule has 0 bridgehead atoms. The second kappa shape index (κ2) is 7.51. The van der Waals surface area contributed by atoms with Crippen LogP contribution in [0.5, 0.6) is 0 Å². The minimum absolute atomic E-state index is 0.185. The van der Waals surface area contributed by atoms with Gasteiger partial charge in [0.1, 0.15) is 0 Å². The lowest BCUT2D eigenvalue weighted by atomic mass is 10.1.